The van der Waals surface area contributed by atoms with E-state index in [0.717, 1.165) is 25.5 Å². The molecule has 3 atom stereocenters. The summed E-state index contributed by atoms with van der Waals surface area (Å²) >= 11 is 0. The van der Waals surface area contributed by atoms with Gasteiger partial charge in [0.1, 0.15) is 0 Å². The van der Waals surface area contributed by atoms with E-state index in [0.29, 0.717) is 12.6 Å². The van der Waals surface area contributed by atoms with Crippen LogP contribution in [-0.4, -0.2) is 43.3 Å². The van der Waals surface area contributed by atoms with Crippen LogP contribution >= 0.6 is 0 Å². The lowest BCUT2D eigenvalue weighted by Gasteiger charge is -2.49. The minimum atomic E-state index is 0.0499. The molecule has 16 heavy (non-hydrogen) atoms. The van der Waals surface area contributed by atoms with Crippen LogP contribution in [0.1, 0.15) is 40.0 Å². The predicted molar refractivity (Wildman–Crippen MR) is 68.5 cm³/mol. The molecule has 1 fully saturated rings. The van der Waals surface area contributed by atoms with Gasteiger partial charge in [0.2, 0.25) is 0 Å². The van der Waals surface area contributed by atoms with Crippen molar-refractivity contribution < 1.29 is 4.74 Å². The normalized spacial score (nSPS) is 31.3. The van der Waals surface area contributed by atoms with E-state index in [-0.39, 0.29) is 5.54 Å². The Morgan fingerprint density at radius 3 is 2.56 bits per heavy atom. The second-order valence-electron chi connectivity index (χ2n) is 5.39. The highest BCUT2D eigenvalue weighted by atomic mass is 16.5. The summed E-state index contributed by atoms with van der Waals surface area (Å²) < 4.78 is 5.40. The lowest BCUT2D eigenvalue weighted by molar-refractivity contribution is -0.0340. The molecule has 96 valence electrons. The summed E-state index contributed by atoms with van der Waals surface area (Å²) in [7, 11) is 1.78. The number of hydrogen-bond donors (Lipinski definition) is 1. The number of likely N-dealkylation sites (tertiary alicyclic amines) is 1. The molecule has 1 aliphatic heterocycles. The van der Waals surface area contributed by atoms with Crippen LogP contribution < -0.4 is 5.73 Å². The van der Waals surface area contributed by atoms with Crippen molar-refractivity contribution in [2.24, 2.45) is 11.7 Å². The van der Waals surface area contributed by atoms with Crippen molar-refractivity contribution >= 4 is 0 Å². The van der Waals surface area contributed by atoms with Gasteiger partial charge in [-0.15, -0.1) is 0 Å². The molecule has 3 nitrogen and oxygen atoms in total. The Hall–Kier alpha value is -0.120. The van der Waals surface area contributed by atoms with Crippen molar-refractivity contribution in [3.05, 3.63) is 0 Å². The number of ether oxygens (including phenoxy) is 1. The zero-order valence-corrected chi connectivity index (χ0v) is 11.3. The Bertz CT molecular complexity index is 204. The van der Waals surface area contributed by atoms with Crippen LogP contribution in [0.2, 0.25) is 0 Å². The van der Waals surface area contributed by atoms with Crippen LogP contribution in [-0.2, 0) is 4.74 Å². The highest BCUT2D eigenvalue weighted by Crippen LogP contribution is 2.30. The van der Waals surface area contributed by atoms with Gasteiger partial charge in [-0.2, -0.15) is 0 Å². The van der Waals surface area contributed by atoms with E-state index in [9.17, 15) is 0 Å². The van der Waals surface area contributed by atoms with Crippen molar-refractivity contribution in [3.63, 3.8) is 0 Å². The number of piperidine rings is 1. The van der Waals surface area contributed by atoms with Gasteiger partial charge in [-0.1, -0.05) is 13.8 Å². The van der Waals surface area contributed by atoms with Crippen molar-refractivity contribution in [3.8, 4) is 0 Å². The molecule has 1 saturated heterocycles. The minimum absolute atomic E-state index is 0.0499. The Labute approximate surface area is 100 Å². The summed E-state index contributed by atoms with van der Waals surface area (Å²) in [5.41, 5.74) is 6.06. The van der Waals surface area contributed by atoms with Gasteiger partial charge < -0.3 is 10.5 Å². The number of rotatable bonds is 5. The maximum absolute atomic E-state index is 6.01. The fourth-order valence-corrected chi connectivity index (χ4v) is 3.09. The number of methoxy groups -OCH3 is 1. The molecule has 0 bridgehead atoms. The summed E-state index contributed by atoms with van der Waals surface area (Å²) in [6.45, 7) is 9.49. The molecular weight excluding hydrogens is 200 g/mol. The quantitative estimate of drug-likeness (QED) is 0.780. The molecule has 3 unspecified atom stereocenters. The van der Waals surface area contributed by atoms with E-state index in [1.807, 2.05) is 0 Å². The SMILES string of the molecule is CCC(CN)(COC)N1CCC(C)CC1C. The van der Waals surface area contributed by atoms with Crippen molar-refractivity contribution in [1.29, 1.82) is 0 Å². The highest BCUT2D eigenvalue weighted by molar-refractivity contribution is 4.95. The molecule has 1 aliphatic rings. The summed E-state index contributed by atoms with van der Waals surface area (Å²) in [4.78, 5) is 2.58. The van der Waals surface area contributed by atoms with Crippen LogP contribution in [0.25, 0.3) is 0 Å². The first-order chi connectivity index (χ1) is 7.59. The fourth-order valence-electron chi connectivity index (χ4n) is 3.09. The third kappa shape index (κ3) is 2.76. The van der Waals surface area contributed by atoms with E-state index in [4.69, 9.17) is 10.5 Å². The van der Waals surface area contributed by atoms with E-state index in [1.54, 1.807) is 7.11 Å². The smallest absolute Gasteiger partial charge is 0.0659 e. The van der Waals surface area contributed by atoms with Crippen molar-refractivity contribution in [2.75, 3.05) is 26.8 Å². The van der Waals surface area contributed by atoms with Gasteiger partial charge in [-0.25, -0.2) is 0 Å². The van der Waals surface area contributed by atoms with Gasteiger partial charge in [-0.05, 0) is 38.6 Å². The first-order valence-electron chi connectivity index (χ1n) is 6.55. The Morgan fingerprint density at radius 2 is 2.12 bits per heavy atom. The second-order valence-corrected chi connectivity index (χ2v) is 5.39. The third-order valence-corrected chi connectivity index (χ3v) is 4.20. The number of nitrogens with two attached hydrogens (primary N) is 1. The van der Waals surface area contributed by atoms with Gasteiger partial charge in [0, 0.05) is 19.7 Å². The molecular formula is C13H28N2O. The standard InChI is InChI=1S/C13H28N2O/c1-5-13(9-14,10-16-4)15-7-6-11(2)8-12(15)3/h11-12H,5-10,14H2,1-4H3. The lowest BCUT2D eigenvalue weighted by Crippen LogP contribution is -2.61. The van der Waals surface area contributed by atoms with Crippen LogP contribution in [0.3, 0.4) is 0 Å². The summed E-state index contributed by atoms with van der Waals surface area (Å²) in [5, 5.41) is 0. The molecule has 2 N–H and O–H groups in total. The Morgan fingerprint density at radius 1 is 1.44 bits per heavy atom. The lowest BCUT2D eigenvalue weighted by atomic mass is 9.85. The van der Waals surface area contributed by atoms with Crippen LogP contribution in [0.5, 0.6) is 0 Å². The van der Waals surface area contributed by atoms with Crippen LogP contribution in [0.4, 0.5) is 0 Å². The Kier molecular flexibility index (Phi) is 5.22. The van der Waals surface area contributed by atoms with Crippen molar-refractivity contribution in [2.45, 2.75) is 51.6 Å². The maximum Gasteiger partial charge on any atom is 0.0659 e. The topological polar surface area (TPSA) is 38.5 Å². The molecule has 1 heterocycles. The second kappa shape index (κ2) is 5.99. The average Bonchev–Trinajstić information content (AvgIpc) is 2.27. The first-order valence-corrected chi connectivity index (χ1v) is 6.55. The Balaban J connectivity index is 2.77. The molecule has 3 heteroatoms. The summed E-state index contributed by atoms with van der Waals surface area (Å²) in [6, 6.07) is 0.627. The molecule has 0 amide bonds. The molecule has 0 radical (unpaired) electrons. The first kappa shape index (κ1) is 13.9. The number of hydrogen-bond acceptors (Lipinski definition) is 3. The summed E-state index contributed by atoms with van der Waals surface area (Å²) in [6.07, 6.45) is 3.64. The van der Waals surface area contributed by atoms with E-state index in [2.05, 4.69) is 25.7 Å². The van der Waals surface area contributed by atoms with Gasteiger partial charge in [-0.3, -0.25) is 4.90 Å². The molecule has 0 aromatic carbocycles. The van der Waals surface area contributed by atoms with Crippen LogP contribution in [0.15, 0.2) is 0 Å². The molecule has 0 spiro atoms. The fraction of sp³-hybridized carbons (Fsp3) is 1.00. The minimum Gasteiger partial charge on any atom is -0.383 e. The van der Waals surface area contributed by atoms with Gasteiger partial charge in [0.25, 0.3) is 0 Å². The monoisotopic (exact) mass is 228 g/mol. The van der Waals surface area contributed by atoms with E-state index in [1.165, 1.54) is 12.8 Å². The maximum atomic E-state index is 6.01. The highest BCUT2D eigenvalue weighted by Gasteiger charge is 2.38. The third-order valence-electron chi connectivity index (χ3n) is 4.20. The zero-order chi connectivity index (χ0) is 12.2. The van der Waals surface area contributed by atoms with Gasteiger partial charge in [0.05, 0.1) is 12.1 Å². The molecule has 1 rings (SSSR count). The molecule has 0 aliphatic carbocycles. The van der Waals surface area contributed by atoms with Gasteiger partial charge in [0.15, 0.2) is 0 Å². The zero-order valence-electron chi connectivity index (χ0n) is 11.3. The molecule has 0 aromatic rings. The van der Waals surface area contributed by atoms with E-state index >= 15 is 0 Å². The molecule has 0 saturated carbocycles. The predicted octanol–water partition coefficient (Wildman–Crippen LogP) is 1.86. The molecule has 0 aromatic heterocycles. The largest absolute Gasteiger partial charge is 0.383 e. The van der Waals surface area contributed by atoms with Crippen LogP contribution in [0, 0.1) is 5.92 Å². The summed E-state index contributed by atoms with van der Waals surface area (Å²) in [5.74, 6) is 0.848. The van der Waals surface area contributed by atoms with E-state index < -0.39 is 0 Å². The average molecular weight is 228 g/mol. The van der Waals surface area contributed by atoms with Gasteiger partial charge >= 0.3 is 0 Å². The van der Waals surface area contributed by atoms with Crippen molar-refractivity contribution in [1.82, 2.24) is 4.90 Å². The number of nitrogens with zero attached hydrogens (tertiary/aromatic N) is 1.